The fraction of sp³-hybridized carbons (Fsp3) is 0.0417. The Morgan fingerprint density at radius 1 is 1.03 bits per heavy atom. The van der Waals surface area contributed by atoms with Gasteiger partial charge in [-0.3, -0.25) is 19.7 Å². The molecule has 0 aliphatic heterocycles. The van der Waals surface area contributed by atoms with Gasteiger partial charge in [0.1, 0.15) is 22.3 Å². The Labute approximate surface area is 200 Å². The van der Waals surface area contributed by atoms with Crippen LogP contribution in [-0.2, 0) is 14.9 Å². The molecule has 35 heavy (non-hydrogen) atoms. The Morgan fingerprint density at radius 2 is 1.66 bits per heavy atom. The van der Waals surface area contributed by atoms with Crippen molar-refractivity contribution in [3.05, 3.63) is 99.6 Å². The molecule has 0 spiro atoms. The van der Waals surface area contributed by atoms with E-state index in [9.17, 15) is 33.4 Å². The van der Waals surface area contributed by atoms with Crippen molar-refractivity contribution >= 4 is 39.3 Å². The average molecular weight is 491 g/mol. The molecule has 3 aromatic carbocycles. The molecule has 1 amide bonds. The summed E-state index contributed by atoms with van der Waals surface area (Å²) in [5, 5.41) is 22.8. The van der Waals surface area contributed by atoms with Crippen LogP contribution in [0.1, 0.15) is 22.8 Å². The van der Waals surface area contributed by atoms with Gasteiger partial charge >= 0.3 is 10.1 Å². The predicted octanol–water partition coefficient (Wildman–Crippen LogP) is 4.11. The van der Waals surface area contributed by atoms with Gasteiger partial charge in [0.05, 0.1) is 10.6 Å². The van der Waals surface area contributed by atoms with E-state index in [2.05, 4.69) is 5.32 Å². The highest BCUT2D eigenvalue weighted by Gasteiger charge is 2.20. The SMILES string of the molecule is CC(=O)c1ccccc1NC(=O)/C(C#N)=C\c1ccccc1OS(=O)(=O)c1ccc([N+](=O)[O-])cc1. The van der Waals surface area contributed by atoms with Crippen molar-refractivity contribution in [1.29, 1.82) is 5.26 Å². The van der Waals surface area contributed by atoms with Crippen LogP contribution in [0.2, 0.25) is 0 Å². The first-order valence-electron chi connectivity index (χ1n) is 9.93. The quantitative estimate of drug-likeness (QED) is 0.123. The zero-order valence-corrected chi connectivity index (χ0v) is 19.0. The monoisotopic (exact) mass is 491 g/mol. The Kier molecular flexibility index (Phi) is 7.38. The third kappa shape index (κ3) is 5.95. The molecule has 0 fully saturated rings. The summed E-state index contributed by atoms with van der Waals surface area (Å²) < 4.78 is 30.5. The minimum absolute atomic E-state index is 0.115. The molecule has 0 heterocycles. The van der Waals surface area contributed by atoms with Crippen LogP contribution >= 0.6 is 0 Å². The number of non-ortho nitro benzene ring substituents is 1. The van der Waals surface area contributed by atoms with Crippen LogP contribution in [0.15, 0.2) is 83.3 Å². The van der Waals surface area contributed by atoms with Gasteiger partial charge in [-0.05, 0) is 43.3 Å². The summed E-state index contributed by atoms with van der Waals surface area (Å²) in [6.45, 7) is 1.34. The van der Waals surface area contributed by atoms with Crippen LogP contribution in [0.25, 0.3) is 6.08 Å². The third-order valence-electron chi connectivity index (χ3n) is 4.67. The number of Topliss-reactive ketones (excluding diaryl/α,β-unsaturated/α-hetero) is 1. The van der Waals surface area contributed by atoms with Gasteiger partial charge in [-0.15, -0.1) is 0 Å². The summed E-state index contributed by atoms with van der Waals surface area (Å²) in [4.78, 5) is 34.3. The minimum Gasteiger partial charge on any atom is -0.378 e. The van der Waals surface area contributed by atoms with Crippen LogP contribution in [0.5, 0.6) is 5.75 Å². The molecule has 0 saturated heterocycles. The second kappa shape index (κ2) is 10.4. The number of nitro groups is 1. The van der Waals surface area contributed by atoms with E-state index in [1.54, 1.807) is 24.3 Å². The summed E-state index contributed by atoms with van der Waals surface area (Å²) in [6, 6.07) is 18.0. The third-order valence-corrected chi connectivity index (χ3v) is 5.92. The first-order valence-corrected chi connectivity index (χ1v) is 11.3. The Morgan fingerprint density at radius 3 is 2.29 bits per heavy atom. The lowest BCUT2D eigenvalue weighted by molar-refractivity contribution is -0.384. The van der Waals surface area contributed by atoms with Crippen LogP contribution in [0.4, 0.5) is 11.4 Å². The molecule has 0 aliphatic carbocycles. The highest BCUT2D eigenvalue weighted by molar-refractivity contribution is 7.87. The van der Waals surface area contributed by atoms with Crippen LogP contribution in [0.3, 0.4) is 0 Å². The molecule has 10 nitrogen and oxygen atoms in total. The van der Waals surface area contributed by atoms with E-state index in [-0.39, 0.29) is 44.5 Å². The lowest BCUT2D eigenvalue weighted by Gasteiger charge is -2.11. The number of benzene rings is 3. The number of nitriles is 1. The second-order valence-corrected chi connectivity index (χ2v) is 8.60. The molecule has 1 N–H and O–H groups in total. The first-order chi connectivity index (χ1) is 16.6. The molecular weight excluding hydrogens is 474 g/mol. The number of ketones is 1. The molecule has 0 radical (unpaired) electrons. The van der Waals surface area contributed by atoms with E-state index in [0.29, 0.717) is 0 Å². The van der Waals surface area contributed by atoms with Crippen molar-refractivity contribution < 1.29 is 27.1 Å². The maximum absolute atomic E-state index is 12.7. The van der Waals surface area contributed by atoms with E-state index >= 15 is 0 Å². The number of rotatable bonds is 8. The number of para-hydroxylation sites is 2. The second-order valence-electron chi connectivity index (χ2n) is 7.05. The van der Waals surface area contributed by atoms with Crippen molar-refractivity contribution in [3.63, 3.8) is 0 Å². The van der Waals surface area contributed by atoms with Crippen molar-refractivity contribution in [2.75, 3.05) is 5.32 Å². The number of anilines is 1. The van der Waals surface area contributed by atoms with Crippen LogP contribution in [0, 0.1) is 21.4 Å². The molecule has 176 valence electrons. The van der Waals surface area contributed by atoms with Crippen LogP contribution in [-0.4, -0.2) is 25.0 Å². The van der Waals surface area contributed by atoms with Crippen molar-refractivity contribution in [3.8, 4) is 11.8 Å². The maximum atomic E-state index is 12.7. The molecule has 0 aliphatic rings. The molecule has 3 rings (SSSR count). The first kappa shape index (κ1) is 24.8. The Hall–Kier alpha value is -4.82. The van der Waals surface area contributed by atoms with E-state index < -0.39 is 20.9 Å². The topological polar surface area (TPSA) is 156 Å². The summed E-state index contributed by atoms with van der Waals surface area (Å²) in [6.07, 6.45) is 1.15. The van der Waals surface area contributed by atoms with E-state index in [1.807, 2.05) is 0 Å². The Balaban J connectivity index is 1.90. The van der Waals surface area contributed by atoms with Gasteiger partial charge in [0, 0.05) is 23.3 Å². The van der Waals surface area contributed by atoms with Gasteiger partial charge in [0.25, 0.3) is 11.6 Å². The number of nitro benzene ring substituents is 1. The van der Waals surface area contributed by atoms with Gasteiger partial charge in [-0.25, -0.2) is 0 Å². The largest absolute Gasteiger partial charge is 0.378 e. The summed E-state index contributed by atoms with van der Waals surface area (Å²) >= 11 is 0. The molecular formula is C24H17N3O7S. The lowest BCUT2D eigenvalue weighted by Crippen LogP contribution is -2.16. The standard InChI is InChI=1S/C24H17N3O7S/c1-16(28)21-7-3-4-8-22(21)26-24(29)18(15-25)14-17-6-2-5-9-23(17)34-35(32,33)20-12-10-19(11-13-20)27(30)31/h2-14H,1H3,(H,26,29)/b18-14-. The normalized spacial score (nSPS) is 11.3. The minimum atomic E-state index is -4.38. The van der Waals surface area contributed by atoms with E-state index in [4.69, 9.17) is 4.18 Å². The number of amides is 1. The number of carbonyl (C=O) groups is 2. The number of hydrogen-bond acceptors (Lipinski definition) is 8. The summed E-state index contributed by atoms with van der Waals surface area (Å²) in [5.41, 5.74) is -0.0625. The molecule has 3 aromatic rings. The highest BCUT2D eigenvalue weighted by Crippen LogP contribution is 2.26. The van der Waals surface area contributed by atoms with E-state index in [1.165, 1.54) is 37.3 Å². The zero-order valence-electron chi connectivity index (χ0n) is 18.2. The van der Waals surface area contributed by atoms with Crippen molar-refractivity contribution in [1.82, 2.24) is 0 Å². The van der Waals surface area contributed by atoms with Gasteiger partial charge in [-0.2, -0.15) is 13.7 Å². The van der Waals surface area contributed by atoms with Gasteiger partial charge < -0.3 is 9.50 Å². The average Bonchev–Trinajstić information content (AvgIpc) is 2.83. The van der Waals surface area contributed by atoms with Crippen molar-refractivity contribution in [2.24, 2.45) is 0 Å². The maximum Gasteiger partial charge on any atom is 0.339 e. The zero-order chi connectivity index (χ0) is 25.6. The number of nitrogens with zero attached hydrogens (tertiary/aromatic N) is 2. The van der Waals surface area contributed by atoms with Gasteiger partial charge in [0.15, 0.2) is 5.78 Å². The molecule has 0 aromatic heterocycles. The number of nitrogens with one attached hydrogen (secondary N) is 1. The number of hydrogen-bond donors (Lipinski definition) is 1. The summed E-state index contributed by atoms with van der Waals surface area (Å²) in [7, 11) is -4.38. The van der Waals surface area contributed by atoms with Crippen LogP contribution < -0.4 is 9.50 Å². The highest BCUT2D eigenvalue weighted by atomic mass is 32.2. The molecule has 0 unspecified atom stereocenters. The fourth-order valence-electron chi connectivity index (χ4n) is 2.97. The Bertz CT molecular complexity index is 1490. The molecule has 0 atom stereocenters. The smallest absolute Gasteiger partial charge is 0.339 e. The van der Waals surface area contributed by atoms with Crippen molar-refractivity contribution in [2.45, 2.75) is 11.8 Å². The summed E-state index contributed by atoms with van der Waals surface area (Å²) in [5.74, 6) is -1.26. The number of carbonyl (C=O) groups excluding carboxylic acids is 2. The van der Waals surface area contributed by atoms with E-state index in [0.717, 1.165) is 30.3 Å². The lowest BCUT2D eigenvalue weighted by atomic mass is 10.1. The predicted molar refractivity (Wildman–Crippen MR) is 126 cm³/mol. The fourth-order valence-corrected chi connectivity index (χ4v) is 3.92. The molecule has 11 heteroatoms. The van der Waals surface area contributed by atoms with Gasteiger partial charge in [-0.1, -0.05) is 30.3 Å². The molecule has 0 bridgehead atoms. The molecule has 0 saturated carbocycles. The van der Waals surface area contributed by atoms with Gasteiger partial charge in [0.2, 0.25) is 0 Å².